The van der Waals surface area contributed by atoms with E-state index in [2.05, 4.69) is 49.3 Å². The van der Waals surface area contributed by atoms with Crippen molar-refractivity contribution in [3.63, 3.8) is 0 Å². The van der Waals surface area contributed by atoms with Gasteiger partial charge < -0.3 is 5.73 Å². The fraction of sp³-hybridized carbons (Fsp3) is 0.769. The Bertz CT molecular complexity index is 571. The summed E-state index contributed by atoms with van der Waals surface area (Å²) >= 11 is 0. The Morgan fingerprint density at radius 2 is 1.82 bits per heavy atom. The van der Waals surface area contributed by atoms with E-state index in [4.69, 9.17) is 10.5 Å². The zero-order valence-electron chi connectivity index (χ0n) is 23.2. The number of rotatable bonds is 10. The maximum atomic E-state index is 9.77. The van der Waals surface area contributed by atoms with Gasteiger partial charge >= 0.3 is 60.0 Å². The monoisotopic (exact) mass is 465 g/mol. The van der Waals surface area contributed by atoms with E-state index in [9.17, 15) is 4.70 Å². The summed E-state index contributed by atoms with van der Waals surface area (Å²) < 4.78 is 19.7. The molecular weight excluding hydrogens is 413 g/mol. The molecule has 2 N–H and O–H groups in total. The van der Waals surface area contributed by atoms with Gasteiger partial charge in [0.15, 0.2) is 0 Å². The fourth-order valence-electron chi connectivity index (χ4n) is 2.35. The van der Waals surface area contributed by atoms with Gasteiger partial charge in [-0.3, -0.25) is 4.99 Å². The average Bonchev–Trinajstić information content (AvgIpc) is 3.22. The molecule has 192 valence electrons. The van der Waals surface area contributed by atoms with Crippen molar-refractivity contribution in [3.05, 3.63) is 23.5 Å². The molecule has 0 bridgehead atoms. The van der Waals surface area contributed by atoms with Crippen LogP contribution in [0.5, 0.6) is 0 Å². The Balaban J connectivity index is -0.000000500. The second kappa shape index (κ2) is 26.5. The van der Waals surface area contributed by atoms with E-state index in [1.165, 1.54) is 6.42 Å². The van der Waals surface area contributed by atoms with Crippen molar-refractivity contribution in [2.75, 3.05) is 6.61 Å². The fourth-order valence-corrected chi connectivity index (χ4v) is 2.35. The minimum absolute atomic E-state index is 0.139. The van der Waals surface area contributed by atoms with E-state index in [-0.39, 0.29) is 6.10 Å². The average molecular weight is 466 g/mol. The normalized spacial score (nSPS) is 18.2. The molecule has 1 aliphatic rings. The van der Waals surface area contributed by atoms with Crippen LogP contribution >= 0.6 is 0 Å². The van der Waals surface area contributed by atoms with Crippen molar-refractivity contribution in [3.8, 4) is 0 Å². The molecule has 0 radical (unpaired) electrons. The number of amidine groups is 1. The number of ether oxygens (including phenoxy) is 1. The molecular formula is C26H52BN3O3. The Labute approximate surface area is 205 Å². The van der Waals surface area contributed by atoms with E-state index in [0.717, 1.165) is 43.4 Å². The van der Waals surface area contributed by atoms with Gasteiger partial charge in [0.25, 0.3) is 0 Å². The summed E-state index contributed by atoms with van der Waals surface area (Å²) in [6.45, 7) is 21.1. The van der Waals surface area contributed by atoms with Crippen molar-refractivity contribution in [1.29, 1.82) is 0 Å². The first kappa shape index (κ1) is 35.8. The van der Waals surface area contributed by atoms with Crippen LogP contribution in [0.4, 0.5) is 0 Å². The first-order chi connectivity index (χ1) is 15.8. The van der Waals surface area contributed by atoms with E-state index < -0.39 is 0 Å². The zero-order chi connectivity index (χ0) is 26.1. The molecule has 0 saturated carbocycles. The number of nitrogens with zero attached hydrogens (tertiary/aromatic N) is 2. The molecule has 0 aromatic rings. The predicted molar refractivity (Wildman–Crippen MR) is 145 cm³/mol. The minimum atomic E-state index is 0.139. The number of nitrogens with two attached hydrogens (primary N) is 1. The van der Waals surface area contributed by atoms with Gasteiger partial charge in [-0.2, -0.15) is 0 Å². The summed E-state index contributed by atoms with van der Waals surface area (Å²) in [6.07, 6.45) is 12.8. The molecule has 0 spiro atoms. The summed E-state index contributed by atoms with van der Waals surface area (Å²) in [5.41, 5.74) is 7.83. The van der Waals surface area contributed by atoms with Crippen molar-refractivity contribution in [1.82, 2.24) is 0 Å². The molecule has 0 aromatic heterocycles. The molecule has 3 unspecified atom stereocenters. The molecule has 0 aliphatic carbocycles. The van der Waals surface area contributed by atoms with E-state index >= 15 is 0 Å². The van der Waals surface area contributed by atoms with Crippen LogP contribution in [0.1, 0.15) is 108 Å². The van der Waals surface area contributed by atoms with Gasteiger partial charge in [0.05, 0.1) is 0 Å². The first-order valence-electron chi connectivity index (χ1n) is 12.7. The Hall–Kier alpha value is -1.76. The number of hydrogen-bond donors (Lipinski definition) is 1. The quantitative estimate of drug-likeness (QED) is 0.213. The van der Waals surface area contributed by atoms with Gasteiger partial charge in [0, 0.05) is 12.4 Å². The van der Waals surface area contributed by atoms with Crippen LogP contribution in [-0.2, 0) is 14.1 Å². The van der Waals surface area contributed by atoms with Crippen LogP contribution in [0.2, 0.25) is 0 Å². The Morgan fingerprint density at radius 3 is 2.24 bits per heavy atom. The summed E-state index contributed by atoms with van der Waals surface area (Å²) in [6, 6.07) is 0. The molecule has 33 heavy (non-hydrogen) atoms. The van der Waals surface area contributed by atoms with Gasteiger partial charge in [0.1, 0.15) is 11.5 Å². The minimum Gasteiger partial charge on any atom is -0.382 e. The first-order valence-corrected chi connectivity index (χ1v) is 12.7. The van der Waals surface area contributed by atoms with Crippen molar-refractivity contribution < 1.29 is 14.1 Å². The van der Waals surface area contributed by atoms with Crippen molar-refractivity contribution in [2.24, 2.45) is 21.6 Å². The molecule has 1 aliphatic heterocycles. The molecule has 6 nitrogen and oxygen atoms in total. The maximum Gasteiger partial charge on any atom is 0.149 e. The van der Waals surface area contributed by atoms with Crippen LogP contribution in [0.15, 0.2) is 33.5 Å². The Morgan fingerprint density at radius 1 is 1.21 bits per heavy atom. The second-order valence-corrected chi connectivity index (χ2v) is 7.98. The van der Waals surface area contributed by atoms with Gasteiger partial charge in [-0.1, -0.05) is 67.4 Å². The number of unbranched alkanes of at least 4 members (excludes halogenated alkanes) is 1. The van der Waals surface area contributed by atoms with Crippen LogP contribution in [-0.4, -0.2) is 38.2 Å². The third-order valence-electron chi connectivity index (χ3n) is 4.26. The van der Waals surface area contributed by atoms with Crippen molar-refractivity contribution in [2.45, 2.75) is 120 Å². The molecule has 7 heteroatoms. The van der Waals surface area contributed by atoms with Crippen LogP contribution in [0, 0.1) is 5.92 Å². The van der Waals surface area contributed by atoms with E-state index in [1.807, 2.05) is 46.9 Å². The van der Waals surface area contributed by atoms with Gasteiger partial charge in [-0.05, 0) is 38.2 Å². The SMILES string of the molecule is CC.CC1CCC(COB=O)O1.CCC.CCC/C=C/N=C(N)C(N=CC(C)CC)=C(C)C. The molecule has 1 heterocycles. The molecule has 0 amide bonds. The van der Waals surface area contributed by atoms with Gasteiger partial charge in [-0.25, -0.2) is 4.99 Å². The summed E-state index contributed by atoms with van der Waals surface area (Å²) in [5, 5.41) is 0. The molecule has 3 atom stereocenters. The van der Waals surface area contributed by atoms with Gasteiger partial charge in [0.2, 0.25) is 0 Å². The zero-order valence-corrected chi connectivity index (χ0v) is 23.2. The van der Waals surface area contributed by atoms with E-state index in [0.29, 0.717) is 31.8 Å². The molecule has 0 aromatic carbocycles. The molecule has 1 saturated heterocycles. The van der Waals surface area contributed by atoms with Crippen LogP contribution in [0.3, 0.4) is 0 Å². The maximum absolute atomic E-state index is 9.77. The second-order valence-electron chi connectivity index (χ2n) is 7.98. The van der Waals surface area contributed by atoms with Gasteiger partial charge in [-0.15, -0.1) is 0 Å². The number of allylic oxidation sites excluding steroid dienone is 2. The van der Waals surface area contributed by atoms with Crippen LogP contribution < -0.4 is 5.73 Å². The Kier molecular flexibility index (Phi) is 28.8. The number of hydrogen-bond acceptors (Lipinski definition) is 5. The third kappa shape index (κ3) is 23.2. The summed E-state index contributed by atoms with van der Waals surface area (Å²) in [4.78, 5) is 8.69. The largest absolute Gasteiger partial charge is 0.382 e. The van der Waals surface area contributed by atoms with E-state index in [1.54, 1.807) is 6.20 Å². The summed E-state index contributed by atoms with van der Waals surface area (Å²) in [7, 11) is 0.465. The predicted octanol–water partition coefficient (Wildman–Crippen LogP) is 7.05. The molecule has 1 fully saturated rings. The van der Waals surface area contributed by atoms with Crippen molar-refractivity contribution >= 4 is 19.4 Å². The standard InChI is InChI=1S/C15H27N3.C6H11BO3.C3H8.C2H6/c1-6-8-9-10-17-15(16)14(12(3)4)18-11-13(5)7-2;1-5-2-3-6(10-5)4-9-7-8;1-3-2;1-2/h9-11,13H,6-8H2,1-5H3,(H2,16,17);5-6H,2-4H2,1H3;3H2,1-2H3;1-2H3/b10-9+,18-11?;;;. The van der Waals surface area contributed by atoms with Crippen LogP contribution in [0.25, 0.3) is 0 Å². The smallest absolute Gasteiger partial charge is 0.149 e. The molecule has 1 rings (SSSR count). The third-order valence-corrected chi connectivity index (χ3v) is 4.26. The number of aliphatic imine (C=N–C) groups is 2. The topological polar surface area (TPSA) is 86.3 Å². The summed E-state index contributed by atoms with van der Waals surface area (Å²) in [5.74, 6) is 0.949.